The molecule has 2 atom stereocenters. The van der Waals surface area contributed by atoms with Crippen molar-refractivity contribution in [1.82, 2.24) is 10.6 Å². The summed E-state index contributed by atoms with van der Waals surface area (Å²) in [5, 5.41) is 6.60. The van der Waals surface area contributed by atoms with Crippen LogP contribution in [0.1, 0.15) is 73.7 Å². The minimum atomic E-state index is 0.0781. The molecule has 2 fully saturated rings. The van der Waals surface area contributed by atoms with Crippen LogP contribution in [0.5, 0.6) is 0 Å². The maximum absolute atomic E-state index is 12.4. The Bertz CT molecular complexity index is 491. The highest BCUT2D eigenvalue weighted by atomic mass is 16.1. The van der Waals surface area contributed by atoms with Gasteiger partial charge in [-0.05, 0) is 62.8 Å². The number of amides is 1. The number of hydrogen-bond acceptors (Lipinski definition) is 2. The second-order valence-corrected chi connectivity index (χ2v) is 7.01. The zero-order valence-corrected chi connectivity index (χ0v) is 13.6. The molecular formula is C19H28N2O. The van der Waals surface area contributed by atoms with Crippen molar-refractivity contribution in [2.75, 3.05) is 6.54 Å². The number of piperidine rings is 1. The minimum absolute atomic E-state index is 0.0781. The molecule has 1 saturated carbocycles. The van der Waals surface area contributed by atoms with Gasteiger partial charge >= 0.3 is 0 Å². The topological polar surface area (TPSA) is 41.1 Å². The third-order valence-electron chi connectivity index (χ3n) is 5.21. The van der Waals surface area contributed by atoms with Crippen molar-refractivity contribution in [3.63, 3.8) is 0 Å². The first-order valence-corrected chi connectivity index (χ1v) is 8.86. The van der Waals surface area contributed by atoms with Crippen molar-refractivity contribution in [3.8, 4) is 0 Å². The SMILES string of the molecule is CC1CC(NC(=O)c2ccc(C3CCCCC3)cc2)CCN1. The highest BCUT2D eigenvalue weighted by molar-refractivity contribution is 5.94. The number of hydrogen-bond donors (Lipinski definition) is 2. The number of carbonyl (C=O) groups is 1. The number of benzene rings is 1. The first-order chi connectivity index (χ1) is 10.7. The molecule has 0 spiro atoms. The maximum atomic E-state index is 12.4. The minimum Gasteiger partial charge on any atom is -0.349 e. The van der Waals surface area contributed by atoms with Crippen LogP contribution in [0.2, 0.25) is 0 Å². The molecular weight excluding hydrogens is 272 g/mol. The van der Waals surface area contributed by atoms with Gasteiger partial charge in [0.25, 0.3) is 5.91 Å². The fourth-order valence-corrected chi connectivity index (χ4v) is 3.87. The van der Waals surface area contributed by atoms with Gasteiger partial charge in [0.2, 0.25) is 0 Å². The van der Waals surface area contributed by atoms with E-state index in [0.29, 0.717) is 18.0 Å². The Morgan fingerprint density at radius 1 is 1.09 bits per heavy atom. The number of rotatable bonds is 3. The molecule has 0 bridgehead atoms. The third kappa shape index (κ3) is 3.89. The molecule has 2 N–H and O–H groups in total. The molecule has 2 unspecified atom stereocenters. The molecule has 1 aromatic rings. The average Bonchev–Trinajstić information content (AvgIpc) is 2.56. The largest absolute Gasteiger partial charge is 0.349 e. The lowest BCUT2D eigenvalue weighted by Gasteiger charge is -2.28. The van der Waals surface area contributed by atoms with Crippen molar-refractivity contribution in [2.45, 2.75) is 69.9 Å². The predicted molar refractivity (Wildman–Crippen MR) is 90.2 cm³/mol. The van der Waals surface area contributed by atoms with Crippen molar-refractivity contribution in [3.05, 3.63) is 35.4 Å². The first-order valence-electron chi connectivity index (χ1n) is 8.86. The summed E-state index contributed by atoms with van der Waals surface area (Å²) in [5.41, 5.74) is 2.21. The maximum Gasteiger partial charge on any atom is 0.251 e. The van der Waals surface area contributed by atoms with E-state index in [4.69, 9.17) is 0 Å². The Labute approximate surface area is 133 Å². The van der Waals surface area contributed by atoms with E-state index in [-0.39, 0.29) is 5.91 Å². The van der Waals surface area contributed by atoms with E-state index >= 15 is 0 Å². The lowest BCUT2D eigenvalue weighted by molar-refractivity contribution is 0.0925. The number of carbonyl (C=O) groups excluding carboxylic acids is 1. The van der Waals surface area contributed by atoms with Crippen LogP contribution in [-0.2, 0) is 0 Å². The standard InChI is InChI=1S/C19H28N2O/c1-14-13-18(11-12-20-14)21-19(22)17-9-7-16(8-10-17)15-5-3-2-4-6-15/h7-10,14-15,18,20H,2-6,11-13H2,1H3,(H,21,22). The molecule has 1 amide bonds. The summed E-state index contributed by atoms with van der Waals surface area (Å²) < 4.78 is 0. The first kappa shape index (κ1) is 15.5. The van der Waals surface area contributed by atoms with E-state index in [1.165, 1.54) is 37.7 Å². The smallest absolute Gasteiger partial charge is 0.251 e. The molecule has 1 saturated heterocycles. The Morgan fingerprint density at radius 2 is 1.82 bits per heavy atom. The Kier molecular flexibility index (Phi) is 5.14. The second-order valence-electron chi connectivity index (χ2n) is 7.01. The van der Waals surface area contributed by atoms with Crippen LogP contribution in [0, 0.1) is 0 Å². The van der Waals surface area contributed by atoms with Crippen LogP contribution in [0.15, 0.2) is 24.3 Å². The van der Waals surface area contributed by atoms with E-state index < -0.39 is 0 Å². The van der Waals surface area contributed by atoms with E-state index in [9.17, 15) is 4.79 Å². The van der Waals surface area contributed by atoms with Gasteiger partial charge in [0, 0.05) is 17.6 Å². The van der Waals surface area contributed by atoms with E-state index in [1.807, 2.05) is 12.1 Å². The third-order valence-corrected chi connectivity index (χ3v) is 5.21. The molecule has 0 aromatic heterocycles. The van der Waals surface area contributed by atoms with Crippen LogP contribution in [0.25, 0.3) is 0 Å². The van der Waals surface area contributed by atoms with Gasteiger partial charge < -0.3 is 10.6 Å². The van der Waals surface area contributed by atoms with Gasteiger partial charge in [0.05, 0.1) is 0 Å². The average molecular weight is 300 g/mol. The van der Waals surface area contributed by atoms with Gasteiger partial charge in [-0.1, -0.05) is 31.4 Å². The summed E-state index contributed by atoms with van der Waals surface area (Å²) in [6.07, 6.45) is 8.73. The second kappa shape index (κ2) is 7.28. The molecule has 1 aliphatic heterocycles. The van der Waals surface area contributed by atoms with Gasteiger partial charge in [-0.3, -0.25) is 4.79 Å². The van der Waals surface area contributed by atoms with Crippen LogP contribution in [0.4, 0.5) is 0 Å². The monoisotopic (exact) mass is 300 g/mol. The summed E-state index contributed by atoms with van der Waals surface area (Å²) in [4.78, 5) is 12.4. The molecule has 1 aliphatic carbocycles. The van der Waals surface area contributed by atoms with Crippen LogP contribution < -0.4 is 10.6 Å². The van der Waals surface area contributed by atoms with Crippen LogP contribution in [-0.4, -0.2) is 24.5 Å². The van der Waals surface area contributed by atoms with Crippen LogP contribution >= 0.6 is 0 Å². The fraction of sp³-hybridized carbons (Fsp3) is 0.632. The zero-order chi connectivity index (χ0) is 15.4. The molecule has 1 aromatic carbocycles. The lowest BCUT2D eigenvalue weighted by Crippen LogP contribution is -2.46. The van der Waals surface area contributed by atoms with Crippen LogP contribution in [0.3, 0.4) is 0 Å². The lowest BCUT2D eigenvalue weighted by atomic mass is 9.84. The van der Waals surface area contributed by atoms with Gasteiger partial charge in [-0.15, -0.1) is 0 Å². The van der Waals surface area contributed by atoms with Crippen molar-refractivity contribution < 1.29 is 4.79 Å². The highest BCUT2D eigenvalue weighted by Crippen LogP contribution is 2.32. The molecule has 1 heterocycles. The molecule has 120 valence electrons. The van der Waals surface area contributed by atoms with Gasteiger partial charge in [-0.25, -0.2) is 0 Å². The van der Waals surface area contributed by atoms with Gasteiger partial charge in [-0.2, -0.15) is 0 Å². The quantitative estimate of drug-likeness (QED) is 0.895. The summed E-state index contributed by atoms with van der Waals surface area (Å²) in [5.74, 6) is 0.783. The molecule has 3 nitrogen and oxygen atoms in total. The fourth-order valence-electron chi connectivity index (χ4n) is 3.87. The molecule has 22 heavy (non-hydrogen) atoms. The summed E-state index contributed by atoms with van der Waals surface area (Å²) in [6, 6.07) is 9.13. The Balaban J connectivity index is 1.58. The molecule has 0 radical (unpaired) electrons. The molecule has 3 rings (SSSR count). The van der Waals surface area contributed by atoms with Gasteiger partial charge in [0.1, 0.15) is 0 Å². The summed E-state index contributed by atoms with van der Waals surface area (Å²) >= 11 is 0. The zero-order valence-electron chi connectivity index (χ0n) is 13.6. The van der Waals surface area contributed by atoms with E-state index in [1.54, 1.807) is 0 Å². The normalized spacial score (nSPS) is 26.6. The van der Waals surface area contributed by atoms with Crippen molar-refractivity contribution in [1.29, 1.82) is 0 Å². The van der Waals surface area contributed by atoms with Gasteiger partial charge in [0.15, 0.2) is 0 Å². The molecule has 2 aliphatic rings. The molecule has 3 heteroatoms. The van der Waals surface area contributed by atoms with E-state index in [2.05, 4.69) is 29.7 Å². The number of nitrogens with one attached hydrogen (secondary N) is 2. The van der Waals surface area contributed by atoms with Crippen molar-refractivity contribution in [2.24, 2.45) is 0 Å². The summed E-state index contributed by atoms with van der Waals surface area (Å²) in [6.45, 7) is 3.17. The predicted octanol–water partition coefficient (Wildman–Crippen LogP) is 3.60. The van der Waals surface area contributed by atoms with E-state index in [0.717, 1.165) is 24.9 Å². The highest BCUT2D eigenvalue weighted by Gasteiger charge is 2.21. The summed E-state index contributed by atoms with van der Waals surface area (Å²) in [7, 11) is 0. The Morgan fingerprint density at radius 3 is 2.50 bits per heavy atom. The van der Waals surface area contributed by atoms with Crippen molar-refractivity contribution >= 4 is 5.91 Å². The Hall–Kier alpha value is -1.35.